The molecule has 0 atom stereocenters. The highest BCUT2D eigenvalue weighted by atomic mass is 14.2. The van der Waals surface area contributed by atoms with Crippen molar-refractivity contribution in [1.29, 1.82) is 0 Å². The van der Waals surface area contributed by atoms with Crippen LogP contribution < -0.4 is 0 Å². The highest BCUT2D eigenvalue weighted by Crippen LogP contribution is 2.31. The summed E-state index contributed by atoms with van der Waals surface area (Å²) in [5.41, 5.74) is 0. The lowest BCUT2D eigenvalue weighted by atomic mass is 9.82. The number of hydrogen-bond acceptors (Lipinski definition) is 0. The van der Waals surface area contributed by atoms with E-state index in [1.165, 1.54) is 180 Å². The van der Waals surface area contributed by atoms with Crippen molar-refractivity contribution in [2.45, 2.75) is 214 Å². The molecule has 0 aliphatic heterocycles. The minimum absolute atomic E-state index is 1.03. The van der Waals surface area contributed by atoms with E-state index < -0.39 is 0 Å². The molecule has 0 spiro atoms. The summed E-state index contributed by atoms with van der Waals surface area (Å²) < 4.78 is 0. The van der Waals surface area contributed by atoms with Crippen molar-refractivity contribution in [3.63, 3.8) is 0 Å². The van der Waals surface area contributed by atoms with Crippen molar-refractivity contribution < 1.29 is 0 Å². The second-order valence-electron chi connectivity index (χ2n) is 12.2. The predicted molar refractivity (Wildman–Crippen MR) is 164 cm³/mol. The van der Waals surface area contributed by atoms with Gasteiger partial charge in [-0.1, -0.05) is 207 Å². The molecular weight excluding hydrogens is 420 g/mol. The molecule has 0 aromatic rings. The Labute approximate surface area is 225 Å². The van der Waals surface area contributed by atoms with Crippen molar-refractivity contribution in [3.8, 4) is 0 Å². The highest BCUT2D eigenvalue weighted by Gasteiger charge is 2.16. The maximum atomic E-state index is 2.34. The molecule has 0 aromatic carbocycles. The standard InChI is InChI=1S/C35H72/c1-5-9-13-17-21-25-29-34(30-26-22-18-14-10-6-2)33-35(31-27-23-19-15-11-7-3)32-28-24-20-16-12-8-4/h34-35H,5-33H2,1-4H3. The Bertz CT molecular complexity index is 293. The summed E-state index contributed by atoms with van der Waals surface area (Å²) in [6.07, 6.45) is 42.8. The molecule has 212 valence electrons. The Kier molecular flexibility index (Phi) is 30.2. The smallest absolute Gasteiger partial charge is 0.0412 e. The van der Waals surface area contributed by atoms with E-state index in [9.17, 15) is 0 Å². The lowest BCUT2D eigenvalue weighted by molar-refractivity contribution is 0.282. The van der Waals surface area contributed by atoms with Crippen LogP contribution in [0.15, 0.2) is 0 Å². The average molecular weight is 493 g/mol. The van der Waals surface area contributed by atoms with Crippen molar-refractivity contribution in [1.82, 2.24) is 0 Å². The maximum Gasteiger partial charge on any atom is -0.0412 e. The maximum absolute atomic E-state index is 2.34. The summed E-state index contributed by atoms with van der Waals surface area (Å²) in [5.74, 6) is 2.05. The molecular formula is C35H72. The van der Waals surface area contributed by atoms with Crippen LogP contribution in [-0.2, 0) is 0 Å². The van der Waals surface area contributed by atoms with Gasteiger partial charge in [0.1, 0.15) is 0 Å². The van der Waals surface area contributed by atoms with E-state index in [0.717, 1.165) is 11.8 Å². The number of unbranched alkanes of at least 4 members (excludes halogenated alkanes) is 20. The predicted octanol–water partition coefficient (Wildman–Crippen LogP) is 13.6. The van der Waals surface area contributed by atoms with Gasteiger partial charge in [-0.3, -0.25) is 0 Å². The second kappa shape index (κ2) is 30.2. The molecule has 0 saturated heterocycles. The van der Waals surface area contributed by atoms with E-state index in [-0.39, 0.29) is 0 Å². The van der Waals surface area contributed by atoms with Gasteiger partial charge in [0, 0.05) is 0 Å². The van der Waals surface area contributed by atoms with E-state index in [4.69, 9.17) is 0 Å². The molecule has 0 aliphatic rings. The summed E-state index contributed by atoms with van der Waals surface area (Å²) in [6.45, 7) is 9.35. The lowest BCUT2D eigenvalue weighted by Crippen LogP contribution is -2.11. The molecule has 0 aliphatic carbocycles. The molecule has 0 fully saturated rings. The molecule has 0 unspecified atom stereocenters. The van der Waals surface area contributed by atoms with Gasteiger partial charge in [-0.2, -0.15) is 0 Å². The molecule has 0 rings (SSSR count). The Hall–Kier alpha value is 0. The minimum atomic E-state index is 1.03. The van der Waals surface area contributed by atoms with Gasteiger partial charge in [-0.05, 0) is 18.3 Å². The lowest BCUT2D eigenvalue weighted by Gasteiger charge is -2.24. The fourth-order valence-corrected chi connectivity index (χ4v) is 6.08. The van der Waals surface area contributed by atoms with Crippen LogP contribution in [0.2, 0.25) is 0 Å². The molecule has 0 heterocycles. The van der Waals surface area contributed by atoms with Crippen LogP contribution in [0, 0.1) is 11.8 Å². The summed E-state index contributed by atoms with van der Waals surface area (Å²) in [5, 5.41) is 0. The fraction of sp³-hybridized carbons (Fsp3) is 1.00. The third-order valence-corrected chi connectivity index (χ3v) is 8.53. The summed E-state index contributed by atoms with van der Waals surface area (Å²) in [6, 6.07) is 0. The van der Waals surface area contributed by atoms with Crippen LogP contribution in [0.25, 0.3) is 0 Å². The van der Waals surface area contributed by atoms with E-state index in [1.807, 2.05) is 0 Å². The highest BCUT2D eigenvalue weighted by molar-refractivity contribution is 4.69. The van der Waals surface area contributed by atoms with Gasteiger partial charge >= 0.3 is 0 Å². The molecule has 0 amide bonds. The Morgan fingerprint density at radius 2 is 0.457 bits per heavy atom. The van der Waals surface area contributed by atoms with E-state index in [2.05, 4.69) is 27.7 Å². The van der Waals surface area contributed by atoms with E-state index in [0.29, 0.717) is 0 Å². The molecule has 0 saturated carbocycles. The Morgan fingerprint density at radius 1 is 0.257 bits per heavy atom. The van der Waals surface area contributed by atoms with Gasteiger partial charge in [0.15, 0.2) is 0 Å². The van der Waals surface area contributed by atoms with Crippen LogP contribution in [0.4, 0.5) is 0 Å². The van der Waals surface area contributed by atoms with Gasteiger partial charge in [0.25, 0.3) is 0 Å². The van der Waals surface area contributed by atoms with Gasteiger partial charge in [-0.25, -0.2) is 0 Å². The second-order valence-corrected chi connectivity index (χ2v) is 12.2. The van der Waals surface area contributed by atoms with E-state index in [1.54, 1.807) is 6.42 Å². The molecule has 0 bridgehead atoms. The van der Waals surface area contributed by atoms with Crippen molar-refractivity contribution >= 4 is 0 Å². The number of hydrogen-bond donors (Lipinski definition) is 0. The third kappa shape index (κ3) is 26.9. The average Bonchev–Trinajstić information content (AvgIpc) is 2.87. The minimum Gasteiger partial charge on any atom is -0.0654 e. The van der Waals surface area contributed by atoms with Crippen LogP contribution in [0.3, 0.4) is 0 Å². The first-order chi connectivity index (χ1) is 17.3. The van der Waals surface area contributed by atoms with Gasteiger partial charge < -0.3 is 0 Å². The Balaban J connectivity index is 4.58. The zero-order valence-electron chi connectivity index (χ0n) is 25.7. The molecule has 0 N–H and O–H groups in total. The van der Waals surface area contributed by atoms with Crippen LogP contribution in [0.1, 0.15) is 214 Å². The normalized spacial score (nSPS) is 11.8. The van der Waals surface area contributed by atoms with E-state index >= 15 is 0 Å². The van der Waals surface area contributed by atoms with Crippen molar-refractivity contribution in [2.24, 2.45) is 11.8 Å². The van der Waals surface area contributed by atoms with Gasteiger partial charge in [0.05, 0.1) is 0 Å². The first kappa shape index (κ1) is 35.0. The number of rotatable bonds is 30. The molecule has 0 radical (unpaired) electrons. The van der Waals surface area contributed by atoms with Gasteiger partial charge in [0.2, 0.25) is 0 Å². The van der Waals surface area contributed by atoms with Crippen molar-refractivity contribution in [3.05, 3.63) is 0 Å². The molecule has 0 nitrogen and oxygen atoms in total. The SMILES string of the molecule is CCCCCCCCC(CCCCCCCC)CC(CCCCCCCC)CCCCCCCC. The van der Waals surface area contributed by atoms with Crippen LogP contribution in [0.5, 0.6) is 0 Å². The topological polar surface area (TPSA) is 0 Å². The molecule has 0 aromatic heterocycles. The first-order valence-electron chi connectivity index (χ1n) is 17.3. The van der Waals surface area contributed by atoms with Crippen LogP contribution in [-0.4, -0.2) is 0 Å². The summed E-state index contributed by atoms with van der Waals surface area (Å²) in [7, 11) is 0. The fourth-order valence-electron chi connectivity index (χ4n) is 6.08. The largest absolute Gasteiger partial charge is 0.0654 e. The monoisotopic (exact) mass is 493 g/mol. The van der Waals surface area contributed by atoms with Crippen molar-refractivity contribution in [2.75, 3.05) is 0 Å². The summed E-state index contributed by atoms with van der Waals surface area (Å²) in [4.78, 5) is 0. The molecule has 0 heteroatoms. The quantitative estimate of drug-likeness (QED) is 0.0874. The van der Waals surface area contributed by atoms with Crippen LogP contribution >= 0.6 is 0 Å². The summed E-state index contributed by atoms with van der Waals surface area (Å²) >= 11 is 0. The van der Waals surface area contributed by atoms with Gasteiger partial charge in [-0.15, -0.1) is 0 Å². The Morgan fingerprint density at radius 3 is 0.686 bits per heavy atom. The first-order valence-corrected chi connectivity index (χ1v) is 17.3. The molecule has 35 heavy (non-hydrogen) atoms. The third-order valence-electron chi connectivity index (χ3n) is 8.53. The zero-order valence-corrected chi connectivity index (χ0v) is 25.7. The zero-order chi connectivity index (χ0) is 25.7.